The Morgan fingerprint density at radius 2 is 1.92 bits per heavy atom. The monoisotopic (exact) mass is 448 g/mol. The largest absolute Gasteiger partial charge is 0.358 e. The number of halogens is 2. The number of anilines is 1. The fraction of sp³-hybridized carbons (Fsp3) is 0.158. The van der Waals surface area contributed by atoms with Crippen molar-refractivity contribution in [3.05, 3.63) is 80.9 Å². The minimum absolute atomic E-state index is 0.522. The Kier molecular flexibility index (Phi) is 6.29. The van der Waals surface area contributed by atoms with E-state index in [1.54, 1.807) is 0 Å². The second kappa shape index (κ2) is 8.66. The molecule has 1 heterocycles. The highest BCUT2D eigenvalue weighted by Crippen LogP contribution is 2.22. The zero-order valence-corrected chi connectivity index (χ0v) is 17.3. The number of hydrogen-bond acceptors (Lipinski definition) is 2. The molecule has 7 heteroatoms. The molecule has 0 radical (unpaired) electrons. The number of rotatable bonds is 5. The lowest BCUT2D eigenvalue weighted by Gasteiger charge is -2.09. The van der Waals surface area contributed by atoms with Crippen LogP contribution in [-0.2, 0) is 13.1 Å². The van der Waals surface area contributed by atoms with Crippen LogP contribution in [0.2, 0.25) is 5.02 Å². The molecule has 1 aromatic heterocycles. The van der Waals surface area contributed by atoms with Gasteiger partial charge in [0.1, 0.15) is 0 Å². The maximum Gasteiger partial charge on any atom is 0.172 e. The number of aromatic nitrogens is 2. The van der Waals surface area contributed by atoms with Crippen LogP contribution in [-0.4, -0.2) is 14.9 Å². The fourth-order valence-electron chi connectivity index (χ4n) is 2.40. The van der Waals surface area contributed by atoms with Gasteiger partial charge in [-0.05, 0) is 52.3 Å². The van der Waals surface area contributed by atoms with Gasteiger partial charge in [0, 0.05) is 17.8 Å². The smallest absolute Gasteiger partial charge is 0.172 e. The Bertz CT molecular complexity index is 908. The molecule has 0 unspecified atom stereocenters. The molecule has 0 aliphatic rings. The third kappa shape index (κ3) is 5.06. The van der Waals surface area contributed by atoms with E-state index in [-0.39, 0.29) is 0 Å². The standard InChI is InChI=1S/C19H18BrClN4S/c1-13-6-8-14(9-7-13)10-22-19(26)23-18-16(20)12-25(24-18)11-15-4-2-3-5-17(15)21/h2-9,12H,10-11H2,1H3,(H2,22,23,24,26). The molecular formula is C19H18BrClN4S. The molecule has 0 atom stereocenters. The first-order valence-electron chi connectivity index (χ1n) is 8.08. The van der Waals surface area contributed by atoms with Crippen molar-refractivity contribution in [3.8, 4) is 0 Å². The molecule has 0 saturated carbocycles. The summed E-state index contributed by atoms with van der Waals surface area (Å²) in [7, 11) is 0. The molecular weight excluding hydrogens is 432 g/mol. The third-order valence-electron chi connectivity index (χ3n) is 3.81. The number of aryl methyl sites for hydroxylation is 1. The summed E-state index contributed by atoms with van der Waals surface area (Å²) in [4.78, 5) is 0. The van der Waals surface area contributed by atoms with E-state index < -0.39 is 0 Å². The molecule has 3 aromatic rings. The summed E-state index contributed by atoms with van der Waals surface area (Å²) in [6.07, 6.45) is 1.90. The Morgan fingerprint density at radius 3 is 2.65 bits per heavy atom. The SMILES string of the molecule is Cc1ccc(CNC(=S)Nc2nn(Cc3ccccc3Cl)cc2Br)cc1. The average molecular weight is 450 g/mol. The van der Waals surface area contributed by atoms with Gasteiger partial charge in [0.15, 0.2) is 10.9 Å². The van der Waals surface area contributed by atoms with E-state index in [2.05, 4.69) is 62.9 Å². The van der Waals surface area contributed by atoms with Crippen LogP contribution >= 0.6 is 39.7 Å². The molecule has 0 bridgehead atoms. The highest BCUT2D eigenvalue weighted by atomic mass is 79.9. The Labute approximate surface area is 171 Å². The molecule has 3 rings (SSSR count). The summed E-state index contributed by atoms with van der Waals surface area (Å²) in [5.74, 6) is 0.665. The van der Waals surface area contributed by atoms with Gasteiger partial charge in [-0.25, -0.2) is 0 Å². The van der Waals surface area contributed by atoms with Crippen molar-refractivity contribution in [3.63, 3.8) is 0 Å². The molecule has 134 valence electrons. The van der Waals surface area contributed by atoms with Crippen LogP contribution in [0.1, 0.15) is 16.7 Å². The van der Waals surface area contributed by atoms with Crippen LogP contribution < -0.4 is 10.6 Å². The molecule has 0 fully saturated rings. The van der Waals surface area contributed by atoms with Crippen molar-refractivity contribution in [2.75, 3.05) is 5.32 Å². The van der Waals surface area contributed by atoms with Gasteiger partial charge in [-0.2, -0.15) is 5.10 Å². The van der Waals surface area contributed by atoms with E-state index in [1.807, 2.05) is 35.1 Å². The summed E-state index contributed by atoms with van der Waals surface area (Å²) in [6, 6.07) is 16.1. The second-order valence-electron chi connectivity index (χ2n) is 5.91. The quantitative estimate of drug-likeness (QED) is 0.529. The lowest BCUT2D eigenvalue weighted by Crippen LogP contribution is -2.28. The number of nitrogens with zero attached hydrogens (tertiary/aromatic N) is 2. The first-order valence-corrected chi connectivity index (χ1v) is 9.66. The molecule has 2 aromatic carbocycles. The van der Waals surface area contributed by atoms with Gasteiger partial charge in [0.05, 0.1) is 11.0 Å². The number of nitrogens with one attached hydrogen (secondary N) is 2. The Hall–Kier alpha value is -1.89. The Morgan fingerprint density at radius 1 is 1.19 bits per heavy atom. The van der Waals surface area contributed by atoms with Crippen LogP contribution in [0.15, 0.2) is 59.2 Å². The van der Waals surface area contributed by atoms with E-state index in [0.717, 1.165) is 15.1 Å². The third-order valence-corrected chi connectivity index (χ3v) is 5.01. The van der Waals surface area contributed by atoms with Gasteiger partial charge < -0.3 is 10.6 Å². The normalized spacial score (nSPS) is 10.6. The molecule has 2 N–H and O–H groups in total. The predicted molar refractivity (Wildman–Crippen MR) is 115 cm³/mol. The molecule has 0 saturated heterocycles. The van der Waals surface area contributed by atoms with Gasteiger partial charge >= 0.3 is 0 Å². The van der Waals surface area contributed by atoms with Crippen molar-refractivity contribution >= 4 is 50.7 Å². The molecule has 0 amide bonds. The highest BCUT2D eigenvalue weighted by molar-refractivity contribution is 9.10. The zero-order valence-electron chi connectivity index (χ0n) is 14.2. The average Bonchev–Trinajstić information content (AvgIpc) is 2.95. The maximum absolute atomic E-state index is 6.22. The highest BCUT2D eigenvalue weighted by Gasteiger charge is 2.09. The first-order chi connectivity index (χ1) is 12.5. The van der Waals surface area contributed by atoms with Crippen LogP contribution in [0, 0.1) is 6.92 Å². The van der Waals surface area contributed by atoms with Crippen LogP contribution in [0.5, 0.6) is 0 Å². The van der Waals surface area contributed by atoms with Crippen LogP contribution in [0.3, 0.4) is 0 Å². The molecule has 0 aliphatic heterocycles. The molecule has 0 aliphatic carbocycles. The molecule has 26 heavy (non-hydrogen) atoms. The fourth-order valence-corrected chi connectivity index (χ4v) is 3.18. The predicted octanol–water partition coefficient (Wildman–Crippen LogP) is 5.14. The minimum Gasteiger partial charge on any atom is -0.358 e. The lowest BCUT2D eigenvalue weighted by molar-refractivity contribution is 0.689. The van der Waals surface area contributed by atoms with Gasteiger partial charge in [0.2, 0.25) is 0 Å². The van der Waals surface area contributed by atoms with Crippen molar-refractivity contribution in [2.45, 2.75) is 20.0 Å². The first kappa shape index (κ1) is 18.9. The summed E-state index contributed by atoms with van der Waals surface area (Å²) in [5.41, 5.74) is 3.42. The lowest BCUT2D eigenvalue weighted by atomic mass is 10.1. The van der Waals surface area contributed by atoms with E-state index in [1.165, 1.54) is 11.1 Å². The molecule has 0 spiro atoms. The van der Waals surface area contributed by atoms with E-state index in [4.69, 9.17) is 23.8 Å². The topological polar surface area (TPSA) is 41.9 Å². The summed E-state index contributed by atoms with van der Waals surface area (Å²) in [5, 5.41) is 12.1. The number of hydrogen-bond donors (Lipinski definition) is 2. The summed E-state index contributed by atoms with van der Waals surface area (Å²) in [6.45, 7) is 3.31. The minimum atomic E-state index is 0.522. The van der Waals surface area contributed by atoms with Crippen LogP contribution in [0.4, 0.5) is 5.82 Å². The summed E-state index contributed by atoms with van der Waals surface area (Å²) >= 11 is 15.1. The number of thiocarbonyl (C=S) groups is 1. The summed E-state index contributed by atoms with van der Waals surface area (Å²) < 4.78 is 2.65. The molecule has 4 nitrogen and oxygen atoms in total. The van der Waals surface area contributed by atoms with Gasteiger partial charge in [-0.15, -0.1) is 0 Å². The zero-order chi connectivity index (χ0) is 18.5. The van der Waals surface area contributed by atoms with Gasteiger partial charge in [-0.1, -0.05) is 59.6 Å². The van der Waals surface area contributed by atoms with Crippen LogP contribution in [0.25, 0.3) is 0 Å². The second-order valence-corrected chi connectivity index (χ2v) is 7.58. The van der Waals surface area contributed by atoms with E-state index >= 15 is 0 Å². The van der Waals surface area contributed by atoms with Gasteiger partial charge in [-0.3, -0.25) is 4.68 Å². The van der Waals surface area contributed by atoms with E-state index in [9.17, 15) is 0 Å². The van der Waals surface area contributed by atoms with Crippen molar-refractivity contribution in [1.29, 1.82) is 0 Å². The van der Waals surface area contributed by atoms with Crippen molar-refractivity contribution in [2.24, 2.45) is 0 Å². The Balaban J connectivity index is 1.59. The van der Waals surface area contributed by atoms with Crippen molar-refractivity contribution in [1.82, 2.24) is 15.1 Å². The van der Waals surface area contributed by atoms with E-state index in [0.29, 0.717) is 24.0 Å². The number of benzene rings is 2. The van der Waals surface area contributed by atoms with Crippen molar-refractivity contribution < 1.29 is 0 Å². The maximum atomic E-state index is 6.22. The van der Waals surface area contributed by atoms with Gasteiger partial charge in [0.25, 0.3) is 0 Å².